The highest BCUT2D eigenvalue weighted by molar-refractivity contribution is 5.98. The molecule has 0 fully saturated rings. The summed E-state index contributed by atoms with van der Waals surface area (Å²) in [5.41, 5.74) is 1.13. The number of carbonyl (C=O) groups excluding carboxylic acids is 3. The third-order valence-corrected chi connectivity index (χ3v) is 3.01. The molecule has 6 nitrogen and oxygen atoms in total. The maximum atomic E-state index is 12.0. The maximum Gasteiger partial charge on any atom is 0.405 e. The average Bonchev–Trinajstić information content (AvgIpc) is 2.53. The van der Waals surface area contributed by atoms with Crippen LogP contribution >= 0.6 is 0 Å². The van der Waals surface area contributed by atoms with Crippen molar-refractivity contribution >= 4 is 23.4 Å². The molecule has 9 heteroatoms. The van der Waals surface area contributed by atoms with E-state index in [4.69, 9.17) is 0 Å². The highest BCUT2D eigenvalue weighted by Gasteiger charge is 2.28. The maximum absolute atomic E-state index is 12.0. The van der Waals surface area contributed by atoms with E-state index in [9.17, 15) is 27.6 Å². The molecular formula is C16H18F3N3O3. The summed E-state index contributed by atoms with van der Waals surface area (Å²) < 4.78 is 36.1. The van der Waals surface area contributed by atoms with Crippen LogP contribution in [0.4, 0.5) is 18.9 Å². The third-order valence-electron chi connectivity index (χ3n) is 3.01. The Morgan fingerprint density at radius 1 is 1.20 bits per heavy atom. The first-order chi connectivity index (χ1) is 11.6. The fourth-order valence-corrected chi connectivity index (χ4v) is 1.78. The van der Waals surface area contributed by atoms with Gasteiger partial charge in [-0.1, -0.05) is 18.7 Å². The molecule has 0 aliphatic carbocycles. The number of hydrogen-bond donors (Lipinski definition) is 3. The monoisotopic (exact) mass is 357 g/mol. The van der Waals surface area contributed by atoms with Gasteiger partial charge >= 0.3 is 6.18 Å². The number of hydrogen-bond acceptors (Lipinski definition) is 3. The van der Waals surface area contributed by atoms with Crippen molar-refractivity contribution in [3.8, 4) is 0 Å². The number of nitrogens with one attached hydrogen (secondary N) is 3. The lowest BCUT2D eigenvalue weighted by Gasteiger charge is -2.15. The van der Waals surface area contributed by atoms with Crippen LogP contribution in [0.25, 0.3) is 0 Å². The van der Waals surface area contributed by atoms with Gasteiger partial charge < -0.3 is 16.0 Å². The van der Waals surface area contributed by atoms with Crippen molar-refractivity contribution in [3.63, 3.8) is 0 Å². The van der Waals surface area contributed by atoms with Gasteiger partial charge in [0.1, 0.15) is 12.6 Å². The summed E-state index contributed by atoms with van der Waals surface area (Å²) in [5, 5.41) is 6.56. The van der Waals surface area contributed by atoms with E-state index in [1.807, 2.05) is 0 Å². The SMILES string of the molecule is C=CC(=O)Nc1ccc(CC(=O)NC(C)C(=O)NCC(F)(F)F)cc1. The molecule has 1 rings (SSSR count). The van der Waals surface area contributed by atoms with Crippen LogP contribution in [0.3, 0.4) is 0 Å². The van der Waals surface area contributed by atoms with E-state index in [0.717, 1.165) is 6.08 Å². The number of benzene rings is 1. The second kappa shape index (κ2) is 8.86. The Bertz CT molecular complexity index is 642. The molecular weight excluding hydrogens is 339 g/mol. The highest BCUT2D eigenvalue weighted by atomic mass is 19.4. The minimum absolute atomic E-state index is 0.0629. The van der Waals surface area contributed by atoms with Crippen molar-refractivity contribution in [2.45, 2.75) is 25.6 Å². The van der Waals surface area contributed by atoms with Gasteiger partial charge in [-0.25, -0.2) is 0 Å². The van der Waals surface area contributed by atoms with Crippen molar-refractivity contribution in [1.82, 2.24) is 10.6 Å². The molecule has 0 saturated carbocycles. The zero-order chi connectivity index (χ0) is 19.0. The minimum Gasteiger partial charge on any atom is -0.345 e. The fourth-order valence-electron chi connectivity index (χ4n) is 1.78. The first-order valence-electron chi connectivity index (χ1n) is 7.27. The van der Waals surface area contributed by atoms with E-state index in [-0.39, 0.29) is 12.3 Å². The molecule has 25 heavy (non-hydrogen) atoms. The van der Waals surface area contributed by atoms with Crippen LogP contribution in [0.1, 0.15) is 12.5 Å². The van der Waals surface area contributed by atoms with E-state index in [2.05, 4.69) is 17.2 Å². The summed E-state index contributed by atoms with van der Waals surface area (Å²) >= 11 is 0. The average molecular weight is 357 g/mol. The van der Waals surface area contributed by atoms with Crippen molar-refractivity contribution < 1.29 is 27.6 Å². The molecule has 0 spiro atoms. The van der Waals surface area contributed by atoms with Gasteiger partial charge in [-0.2, -0.15) is 13.2 Å². The molecule has 0 bridgehead atoms. The van der Waals surface area contributed by atoms with Crippen LogP contribution in [-0.4, -0.2) is 36.5 Å². The van der Waals surface area contributed by atoms with Crippen LogP contribution in [0.15, 0.2) is 36.9 Å². The van der Waals surface area contributed by atoms with E-state index in [0.29, 0.717) is 11.3 Å². The van der Waals surface area contributed by atoms with E-state index >= 15 is 0 Å². The van der Waals surface area contributed by atoms with Gasteiger partial charge in [-0.15, -0.1) is 0 Å². The topological polar surface area (TPSA) is 87.3 Å². The van der Waals surface area contributed by atoms with E-state index in [1.165, 1.54) is 6.92 Å². The number of anilines is 1. The summed E-state index contributed by atoms with van der Waals surface area (Å²) in [7, 11) is 0. The normalized spacial score (nSPS) is 12.0. The molecule has 3 N–H and O–H groups in total. The molecule has 0 aliphatic heterocycles. The van der Waals surface area contributed by atoms with Crippen molar-refractivity contribution in [1.29, 1.82) is 0 Å². The Morgan fingerprint density at radius 2 is 1.80 bits per heavy atom. The van der Waals surface area contributed by atoms with Gasteiger partial charge in [-0.05, 0) is 30.7 Å². The van der Waals surface area contributed by atoms with Gasteiger partial charge in [0.25, 0.3) is 0 Å². The van der Waals surface area contributed by atoms with Crippen molar-refractivity contribution in [2.75, 3.05) is 11.9 Å². The first kappa shape index (κ1) is 20.2. The molecule has 0 saturated heterocycles. The van der Waals surface area contributed by atoms with Crippen molar-refractivity contribution in [2.24, 2.45) is 0 Å². The zero-order valence-electron chi connectivity index (χ0n) is 13.4. The lowest BCUT2D eigenvalue weighted by atomic mass is 10.1. The minimum atomic E-state index is -4.51. The van der Waals surface area contributed by atoms with Crippen LogP contribution in [0.2, 0.25) is 0 Å². The Hall–Kier alpha value is -2.84. The molecule has 0 aromatic heterocycles. The van der Waals surface area contributed by atoms with Gasteiger partial charge in [0.15, 0.2) is 0 Å². The number of carbonyl (C=O) groups is 3. The first-order valence-corrected chi connectivity index (χ1v) is 7.27. The van der Waals surface area contributed by atoms with E-state index in [1.54, 1.807) is 29.6 Å². The molecule has 1 aromatic rings. The predicted octanol–water partition coefficient (Wildman–Crippen LogP) is 1.54. The predicted molar refractivity (Wildman–Crippen MR) is 85.6 cm³/mol. The number of rotatable bonds is 7. The molecule has 136 valence electrons. The highest BCUT2D eigenvalue weighted by Crippen LogP contribution is 2.12. The summed E-state index contributed by atoms with van der Waals surface area (Å²) in [4.78, 5) is 34.5. The Morgan fingerprint density at radius 3 is 2.32 bits per heavy atom. The quantitative estimate of drug-likeness (QED) is 0.647. The Kier molecular flexibility index (Phi) is 7.16. The summed E-state index contributed by atoms with van der Waals surface area (Å²) in [6.07, 6.45) is -3.46. The van der Waals surface area contributed by atoms with Gasteiger partial charge in [-0.3, -0.25) is 14.4 Å². The van der Waals surface area contributed by atoms with Crippen molar-refractivity contribution in [3.05, 3.63) is 42.5 Å². The van der Waals surface area contributed by atoms with Crippen LogP contribution in [0.5, 0.6) is 0 Å². The molecule has 0 heterocycles. The molecule has 0 radical (unpaired) electrons. The van der Waals surface area contributed by atoms with Gasteiger partial charge in [0, 0.05) is 5.69 Å². The lowest BCUT2D eigenvalue weighted by Crippen LogP contribution is -2.47. The Labute approximate surface area is 142 Å². The molecule has 3 amide bonds. The molecule has 0 aliphatic rings. The van der Waals surface area contributed by atoms with Gasteiger partial charge in [0.2, 0.25) is 17.7 Å². The summed E-state index contributed by atoms with van der Waals surface area (Å²) in [5.74, 6) is -1.81. The molecule has 1 aromatic carbocycles. The third kappa shape index (κ3) is 8.00. The largest absolute Gasteiger partial charge is 0.405 e. The standard InChI is InChI=1S/C16H18F3N3O3/c1-3-13(23)22-12-6-4-11(5-7-12)8-14(24)21-10(2)15(25)20-9-16(17,18)19/h3-7,10H,1,8-9H2,2H3,(H,20,25)(H,21,24)(H,22,23). The molecule has 1 atom stereocenters. The number of alkyl halides is 3. The smallest absolute Gasteiger partial charge is 0.345 e. The summed E-state index contributed by atoms with van der Waals surface area (Å²) in [6.45, 7) is 3.16. The lowest BCUT2D eigenvalue weighted by molar-refractivity contribution is -0.140. The Balaban J connectivity index is 2.49. The zero-order valence-corrected chi connectivity index (χ0v) is 13.4. The molecule has 1 unspecified atom stereocenters. The second-order valence-electron chi connectivity index (χ2n) is 5.19. The fraction of sp³-hybridized carbons (Fsp3) is 0.312. The van der Waals surface area contributed by atoms with Gasteiger partial charge in [0.05, 0.1) is 6.42 Å². The second-order valence-corrected chi connectivity index (χ2v) is 5.19. The van der Waals surface area contributed by atoms with Crippen LogP contribution < -0.4 is 16.0 Å². The van der Waals surface area contributed by atoms with E-state index < -0.39 is 30.6 Å². The number of halogens is 3. The summed E-state index contributed by atoms with van der Waals surface area (Å²) in [6, 6.07) is 5.28. The van der Waals surface area contributed by atoms with Crippen LogP contribution in [0, 0.1) is 0 Å². The van der Waals surface area contributed by atoms with Crippen LogP contribution in [-0.2, 0) is 20.8 Å². The number of amides is 3.